The number of H-pyrrole nitrogens is 1. The summed E-state index contributed by atoms with van der Waals surface area (Å²) in [5, 5.41) is 8.18. The number of benzene rings is 2. The highest BCUT2D eigenvalue weighted by molar-refractivity contribution is 6.30. The fourth-order valence-corrected chi connectivity index (χ4v) is 3.71. The van der Waals surface area contributed by atoms with Crippen LogP contribution in [0.1, 0.15) is 30.1 Å². The Labute approximate surface area is 164 Å². The van der Waals surface area contributed by atoms with Crippen molar-refractivity contribution in [2.24, 2.45) is 5.92 Å². The second-order valence-electron chi connectivity index (χ2n) is 7.25. The first-order valence-electron chi connectivity index (χ1n) is 9.31. The number of halogens is 1. The van der Waals surface area contributed by atoms with E-state index in [9.17, 15) is 4.79 Å². The summed E-state index contributed by atoms with van der Waals surface area (Å²) in [4.78, 5) is 14.7. The van der Waals surface area contributed by atoms with Gasteiger partial charge in [-0.05, 0) is 54.7 Å². The predicted octanol–water partition coefficient (Wildman–Crippen LogP) is 5.27. The number of nitrogens with one attached hydrogen (secondary N) is 1. The highest BCUT2D eigenvalue weighted by Gasteiger charge is 2.22. The van der Waals surface area contributed by atoms with Gasteiger partial charge in [0.05, 0.1) is 11.4 Å². The summed E-state index contributed by atoms with van der Waals surface area (Å²) in [6.45, 7) is 3.91. The number of hydrogen-bond acceptors (Lipinski definition) is 2. The average Bonchev–Trinajstić information content (AvgIpc) is 3.18. The van der Waals surface area contributed by atoms with E-state index >= 15 is 0 Å². The maximum Gasteiger partial charge on any atom is 0.253 e. The summed E-state index contributed by atoms with van der Waals surface area (Å²) in [6.07, 6.45) is 2.30. The molecule has 0 aliphatic carbocycles. The Morgan fingerprint density at radius 3 is 2.52 bits per heavy atom. The third-order valence-electron chi connectivity index (χ3n) is 5.10. The number of carbonyl (C=O) groups excluding carboxylic acids is 1. The van der Waals surface area contributed by atoms with Gasteiger partial charge in [-0.15, -0.1) is 0 Å². The minimum Gasteiger partial charge on any atom is -0.338 e. The summed E-state index contributed by atoms with van der Waals surface area (Å²) in [5.41, 5.74) is 4.54. The summed E-state index contributed by atoms with van der Waals surface area (Å²) >= 11 is 5.95. The van der Waals surface area contributed by atoms with Crippen molar-refractivity contribution >= 4 is 17.5 Å². The Balaban J connectivity index is 1.51. The molecular weight excluding hydrogens is 358 g/mol. The predicted molar refractivity (Wildman–Crippen MR) is 109 cm³/mol. The molecular formula is C22H22ClN3O. The largest absolute Gasteiger partial charge is 0.338 e. The Hall–Kier alpha value is -2.59. The van der Waals surface area contributed by atoms with Gasteiger partial charge >= 0.3 is 0 Å². The average molecular weight is 380 g/mol. The van der Waals surface area contributed by atoms with Crippen molar-refractivity contribution in [3.05, 3.63) is 65.2 Å². The zero-order valence-corrected chi connectivity index (χ0v) is 16.0. The van der Waals surface area contributed by atoms with Crippen LogP contribution in [0.2, 0.25) is 5.02 Å². The number of hydrogen-bond donors (Lipinski definition) is 1. The van der Waals surface area contributed by atoms with Crippen LogP contribution >= 0.6 is 11.6 Å². The van der Waals surface area contributed by atoms with E-state index in [1.54, 1.807) is 0 Å². The van der Waals surface area contributed by atoms with E-state index < -0.39 is 0 Å². The molecule has 1 saturated heterocycles. The second kappa shape index (κ2) is 7.57. The van der Waals surface area contributed by atoms with Crippen LogP contribution in [0.5, 0.6) is 0 Å². The van der Waals surface area contributed by atoms with Crippen molar-refractivity contribution in [3.8, 4) is 22.5 Å². The first-order chi connectivity index (χ1) is 13.1. The van der Waals surface area contributed by atoms with Gasteiger partial charge in [0, 0.05) is 29.2 Å². The zero-order valence-electron chi connectivity index (χ0n) is 15.3. The Morgan fingerprint density at radius 1 is 1.11 bits per heavy atom. The SMILES string of the molecule is C[C@H]1CCCN(C(=O)c2ccc(-c3cc(-c4ccc(Cl)cc4)[nH]n3)cc2)C1. The highest BCUT2D eigenvalue weighted by atomic mass is 35.5. The minimum atomic E-state index is 0.122. The third-order valence-corrected chi connectivity index (χ3v) is 5.36. The van der Waals surface area contributed by atoms with Crippen LogP contribution in [0.3, 0.4) is 0 Å². The van der Waals surface area contributed by atoms with Gasteiger partial charge in [0.2, 0.25) is 0 Å². The molecule has 27 heavy (non-hydrogen) atoms. The van der Waals surface area contributed by atoms with E-state index in [4.69, 9.17) is 11.6 Å². The maximum atomic E-state index is 12.7. The molecule has 138 valence electrons. The van der Waals surface area contributed by atoms with E-state index in [0.29, 0.717) is 10.9 Å². The van der Waals surface area contributed by atoms with Gasteiger partial charge in [0.1, 0.15) is 0 Å². The van der Waals surface area contributed by atoms with E-state index in [2.05, 4.69) is 17.1 Å². The second-order valence-corrected chi connectivity index (χ2v) is 7.69. The number of nitrogens with zero attached hydrogens (tertiary/aromatic N) is 2. The van der Waals surface area contributed by atoms with E-state index in [1.807, 2.05) is 59.5 Å². The lowest BCUT2D eigenvalue weighted by Crippen LogP contribution is -2.39. The molecule has 2 aromatic carbocycles. The van der Waals surface area contributed by atoms with Crippen molar-refractivity contribution in [2.75, 3.05) is 13.1 Å². The molecule has 0 radical (unpaired) electrons. The molecule has 1 aliphatic heterocycles. The van der Waals surface area contributed by atoms with Crippen molar-refractivity contribution < 1.29 is 4.79 Å². The van der Waals surface area contributed by atoms with Crippen molar-refractivity contribution in [2.45, 2.75) is 19.8 Å². The molecule has 1 amide bonds. The molecule has 4 nitrogen and oxygen atoms in total. The van der Waals surface area contributed by atoms with Gasteiger partial charge < -0.3 is 4.90 Å². The monoisotopic (exact) mass is 379 g/mol. The van der Waals surface area contributed by atoms with Gasteiger partial charge in [-0.2, -0.15) is 5.10 Å². The highest BCUT2D eigenvalue weighted by Crippen LogP contribution is 2.26. The van der Waals surface area contributed by atoms with Gasteiger partial charge in [0.25, 0.3) is 5.91 Å². The molecule has 0 saturated carbocycles. The summed E-state index contributed by atoms with van der Waals surface area (Å²) in [5.74, 6) is 0.703. The lowest BCUT2D eigenvalue weighted by Gasteiger charge is -2.31. The van der Waals surface area contributed by atoms with Crippen LogP contribution in [0, 0.1) is 5.92 Å². The first-order valence-corrected chi connectivity index (χ1v) is 9.69. The molecule has 1 atom stereocenters. The molecule has 0 unspecified atom stereocenters. The Morgan fingerprint density at radius 2 is 1.81 bits per heavy atom. The molecule has 2 heterocycles. The number of carbonyl (C=O) groups is 1. The molecule has 1 aromatic heterocycles. The van der Waals surface area contributed by atoms with E-state index in [-0.39, 0.29) is 5.91 Å². The number of piperidine rings is 1. The van der Waals surface area contributed by atoms with Crippen LogP contribution in [-0.2, 0) is 0 Å². The number of amides is 1. The molecule has 5 heteroatoms. The van der Waals surface area contributed by atoms with Crippen LogP contribution < -0.4 is 0 Å². The van der Waals surface area contributed by atoms with Gasteiger partial charge in [0.15, 0.2) is 0 Å². The minimum absolute atomic E-state index is 0.122. The normalized spacial score (nSPS) is 17.1. The van der Waals surface area contributed by atoms with Crippen LogP contribution in [-0.4, -0.2) is 34.1 Å². The molecule has 4 rings (SSSR count). The molecule has 0 spiro atoms. The molecule has 3 aromatic rings. The van der Waals surface area contributed by atoms with Gasteiger partial charge in [-0.25, -0.2) is 0 Å². The Bertz CT molecular complexity index is 931. The number of aromatic nitrogens is 2. The lowest BCUT2D eigenvalue weighted by molar-refractivity contribution is 0.0683. The van der Waals surface area contributed by atoms with Crippen molar-refractivity contribution in [1.29, 1.82) is 0 Å². The summed E-state index contributed by atoms with van der Waals surface area (Å²) in [6, 6.07) is 17.4. The summed E-state index contributed by atoms with van der Waals surface area (Å²) < 4.78 is 0. The van der Waals surface area contributed by atoms with E-state index in [0.717, 1.165) is 47.6 Å². The number of rotatable bonds is 3. The standard InChI is InChI=1S/C22H22ClN3O/c1-15-3-2-12-26(14-15)22(27)18-6-4-16(5-7-18)20-13-21(25-24-20)17-8-10-19(23)11-9-17/h4-11,13,15H,2-3,12,14H2,1H3,(H,24,25)/t15-/m0/s1. The van der Waals surface area contributed by atoms with Crippen LogP contribution in [0.4, 0.5) is 0 Å². The quantitative estimate of drug-likeness (QED) is 0.673. The van der Waals surface area contributed by atoms with E-state index in [1.165, 1.54) is 6.42 Å². The van der Waals surface area contributed by atoms with Gasteiger partial charge in [-0.1, -0.05) is 42.8 Å². The summed E-state index contributed by atoms with van der Waals surface area (Å²) in [7, 11) is 0. The Kier molecular flexibility index (Phi) is 4.99. The first kappa shape index (κ1) is 17.8. The fourth-order valence-electron chi connectivity index (χ4n) is 3.59. The van der Waals surface area contributed by atoms with Crippen LogP contribution in [0.25, 0.3) is 22.5 Å². The van der Waals surface area contributed by atoms with Gasteiger partial charge in [-0.3, -0.25) is 9.89 Å². The third kappa shape index (κ3) is 3.91. The smallest absolute Gasteiger partial charge is 0.253 e. The van der Waals surface area contributed by atoms with Crippen molar-refractivity contribution in [3.63, 3.8) is 0 Å². The maximum absolute atomic E-state index is 12.7. The molecule has 1 fully saturated rings. The lowest BCUT2D eigenvalue weighted by atomic mass is 9.99. The molecule has 0 bridgehead atoms. The fraction of sp³-hybridized carbons (Fsp3) is 0.273. The number of aromatic amines is 1. The van der Waals surface area contributed by atoms with Crippen LogP contribution in [0.15, 0.2) is 54.6 Å². The molecule has 1 N–H and O–H groups in total. The zero-order chi connectivity index (χ0) is 18.8. The molecule has 1 aliphatic rings. The van der Waals surface area contributed by atoms with Crippen molar-refractivity contribution in [1.82, 2.24) is 15.1 Å². The topological polar surface area (TPSA) is 49.0 Å². The number of likely N-dealkylation sites (tertiary alicyclic amines) is 1.